The van der Waals surface area contributed by atoms with Gasteiger partial charge in [-0.25, -0.2) is 4.99 Å². The molecule has 0 aliphatic rings. The molecule has 1 rings (SSSR count). The largest absolute Gasteiger partial charge is 0.493 e. The highest BCUT2D eigenvalue weighted by Crippen LogP contribution is 2.30. The van der Waals surface area contributed by atoms with Crippen LogP contribution < -0.4 is 20.5 Å². The predicted octanol–water partition coefficient (Wildman–Crippen LogP) is 3.31. The molecule has 5 nitrogen and oxygen atoms in total. The molecule has 3 N–H and O–H groups in total. The van der Waals surface area contributed by atoms with Gasteiger partial charge in [-0.1, -0.05) is 38.3 Å². The minimum atomic E-state index is 0. The number of para-hydroxylation sites is 1. The van der Waals surface area contributed by atoms with Crippen LogP contribution >= 0.6 is 24.0 Å². The highest BCUT2D eigenvalue weighted by atomic mass is 127. The van der Waals surface area contributed by atoms with Crippen molar-refractivity contribution in [3.63, 3.8) is 0 Å². The van der Waals surface area contributed by atoms with Crippen LogP contribution in [0.1, 0.15) is 38.2 Å². The second-order valence-electron chi connectivity index (χ2n) is 4.84. The average molecular weight is 421 g/mol. The molecular formula is C16H28IN3O2. The normalized spacial score (nSPS) is 10.8. The molecule has 126 valence electrons. The summed E-state index contributed by atoms with van der Waals surface area (Å²) in [4.78, 5) is 4.34. The Bertz CT molecular complexity index is 453. The number of hydrogen-bond donors (Lipinski definition) is 2. The molecule has 0 heterocycles. The summed E-state index contributed by atoms with van der Waals surface area (Å²) in [5.74, 6) is 1.88. The van der Waals surface area contributed by atoms with Crippen molar-refractivity contribution in [2.24, 2.45) is 10.7 Å². The molecule has 22 heavy (non-hydrogen) atoms. The Hall–Kier alpha value is -1.18. The quantitative estimate of drug-likeness (QED) is 0.278. The van der Waals surface area contributed by atoms with E-state index >= 15 is 0 Å². The number of halogens is 1. The van der Waals surface area contributed by atoms with Gasteiger partial charge in [0.2, 0.25) is 0 Å². The van der Waals surface area contributed by atoms with Crippen molar-refractivity contribution in [2.75, 3.05) is 20.8 Å². The monoisotopic (exact) mass is 421 g/mol. The van der Waals surface area contributed by atoms with Crippen LogP contribution in [0.3, 0.4) is 0 Å². The summed E-state index contributed by atoms with van der Waals surface area (Å²) in [6, 6.07) is 5.74. The van der Waals surface area contributed by atoms with Crippen LogP contribution in [-0.2, 0) is 6.54 Å². The fourth-order valence-electron chi connectivity index (χ4n) is 2.07. The minimum absolute atomic E-state index is 0. The number of rotatable bonds is 9. The van der Waals surface area contributed by atoms with E-state index in [-0.39, 0.29) is 24.0 Å². The molecule has 0 radical (unpaired) electrons. The number of nitrogens with two attached hydrogens (primary N) is 1. The smallest absolute Gasteiger partial charge is 0.188 e. The van der Waals surface area contributed by atoms with Gasteiger partial charge in [0.1, 0.15) is 0 Å². The van der Waals surface area contributed by atoms with Crippen molar-refractivity contribution in [3.05, 3.63) is 23.8 Å². The molecule has 0 fully saturated rings. The SMILES string of the molecule is CCCCCCNC(N)=NCc1cccc(OC)c1OC.I. The number of hydrogen-bond acceptors (Lipinski definition) is 3. The summed E-state index contributed by atoms with van der Waals surface area (Å²) in [7, 11) is 3.25. The second kappa shape index (κ2) is 12.4. The van der Waals surface area contributed by atoms with Gasteiger partial charge in [-0.15, -0.1) is 24.0 Å². The van der Waals surface area contributed by atoms with Crippen LogP contribution in [0, 0.1) is 0 Å². The van der Waals surface area contributed by atoms with Crippen molar-refractivity contribution in [1.82, 2.24) is 5.32 Å². The summed E-state index contributed by atoms with van der Waals surface area (Å²) in [5, 5.41) is 3.13. The van der Waals surface area contributed by atoms with Gasteiger partial charge in [0.25, 0.3) is 0 Å². The number of guanidine groups is 1. The van der Waals surface area contributed by atoms with Crippen molar-refractivity contribution < 1.29 is 9.47 Å². The molecule has 0 spiro atoms. The summed E-state index contributed by atoms with van der Waals surface area (Å²) < 4.78 is 10.6. The standard InChI is InChI=1S/C16H27N3O2.HI/c1-4-5-6-7-11-18-16(17)19-12-13-9-8-10-14(20-2)15(13)21-3;/h8-10H,4-7,11-12H2,1-3H3,(H3,17,18,19);1H. The van der Waals surface area contributed by atoms with Crippen LogP contribution in [0.4, 0.5) is 0 Å². The molecule has 0 saturated heterocycles. The molecule has 0 aromatic heterocycles. The maximum Gasteiger partial charge on any atom is 0.188 e. The summed E-state index contributed by atoms with van der Waals surface area (Å²) in [6.45, 7) is 3.53. The first-order valence-corrected chi connectivity index (χ1v) is 7.46. The fraction of sp³-hybridized carbons (Fsp3) is 0.562. The van der Waals surface area contributed by atoms with Gasteiger partial charge >= 0.3 is 0 Å². The van der Waals surface area contributed by atoms with E-state index < -0.39 is 0 Å². The van der Waals surface area contributed by atoms with Crippen LogP contribution in [0.15, 0.2) is 23.2 Å². The van der Waals surface area contributed by atoms with Gasteiger partial charge in [0, 0.05) is 12.1 Å². The van der Waals surface area contributed by atoms with Crippen molar-refractivity contribution in [1.29, 1.82) is 0 Å². The first-order valence-electron chi connectivity index (χ1n) is 7.46. The summed E-state index contributed by atoms with van der Waals surface area (Å²) in [6.07, 6.45) is 4.84. The van der Waals surface area contributed by atoms with E-state index in [4.69, 9.17) is 15.2 Å². The van der Waals surface area contributed by atoms with E-state index in [1.54, 1.807) is 14.2 Å². The Morgan fingerprint density at radius 2 is 1.95 bits per heavy atom. The molecule has 0 aliphatic carbocycles. The number of aliphatic imine (C=N–C) groups is 1. The lowest BCUT2D eigenvalue weighted by molar-refractivity contribution is 0.352. The maximum atomic E-state index is 5.87. The van der Waals surface area contributed by atoms with Gasteiger partial charge in [-0.3, -0.25) is 0 Å². The molecule has 1 aromatic carbocycles. The third kappa shape index (κ3) is 7.20. The topological polar surface area (TPSA) is 68.9 Å². The molecular weight excluding hydrogens is 393 g/mol. The fourth-order valence-corrected chi connectivity index (χ4v) is 2.07. The van der Waals surface area contributed by atoms with E-state index in [1.807, 2.05) is 18.2 Å². The number of ether oxygens (including phenoxy) is 2. The van der Waals surface area contributed by atoms with E-state index in [2.05, 4.69) is 17.2 Å². The Kier molecular flexibility index (Phi) is 11.7. The van der Waals surface area contributed by atoms with Crippen LogP contribution in [0.25, 0.3) is 0 Å². The Morgan fingerprint density at radius 1 is 1.18 bits per heavy atom. The number of nitrogens with one attached hydrogen (secondary N) is 1. The molecule has 0 aliphatic heterocycles. The van der Waals surface area contributed by atoms with E-state index in [9.17, 15) is 0 Å². The highest BCUT2D eigenvalue weighted by Gasteiger charge is 2.08. The number of nitrogens with zero attached hydrogens (tertiary/aromatic N) is 1. The predicted molar refractivity (Wildman–Crippen MR) is 102 cm³/mol. The van der Waals surface area contributed by atoms with Crippen molar-refractivity contribution in [3.8, 4) is 11.5 Å². The van der Waals surface area contributed by atoms with Gasteiger partial charge in [-0.05, 0) is 12.5 Å². The van der Waals surface area contributed by atoms with Crippen LogP contribution in [-0.4, -0.2) is 26.7 Å². The lowest BCUT2D eigenvalue weighted by Crippen LogP contribution is -2.32. The third-order valence-corrected chi connectivity index (χ3v) is 3.24. The minimum Gasteiger partial charge on any atom is -0.493 e. The van der Waals surface area contributed by atoms with E-state index in [0.29, 0.717) is 24.0 Å². The summed E-state index contributed by atoms with van der Waals surface area (Å²) in [5.41, 5.74) is 6.82. The van der Waals surface area contributed by atoms with Gasteiger partial charge in [0.05, 0.1) is 20.8 Å². The van der Waals surface area contributed by atoms with Crippen molar-refractivity contribution in [2.45, 2.75) is 39.2 Å². The first-order chi connectivity index (χ1) is 10.2. The first kappa shape index (κ1) is 20.8. The Morgan fingerprint density at radius 3 is 2.59 bits per heavy atom. The molecule has 0 saturated carbocycles. The van der Waals surface area contributed by atoms with Gasteiger partial charge in [-0.2, -0.15) is 0 Å². The maximum absolute atomic E-state index is 5.87. The number of unbranched alkanes of at least 4 members (excludes halogenated alkanes) is 3. The lowest BCUT2D eigenvalue weighted by Gasteiger charge is -2.11. The zero-order valence-electron chi connectivity index (χ0n) is 13.7. The number of methoxy groups -OCH3 is 2. The summed E-state index contributed by atoms with van der Waals surface area (Å²) >= 11 is 0. The van der Waals surface area contributed by atoms with Gasteiger partial charge in [0.15, 0.2) is 17.5 Å². The molecule has 6 heteroatoms. The zero-order chi connectivity index (χ0) is 15.5. The zero-order valence-corrected chi connectivity index (χ0v) is 16.1. The van der Waals surface area contributed by atoms with Gasteiger partial charge < -0.3 is 20.5 Å². The Balaban J connectivity index is 0.00000441. The molecule has 1 aromatic rings. The molecule has 0 atom stereocenters. The van der Waals surface area contributed by atoms with Crippen molar-refractivity contribution >= 4 is 29.9 Å². The molecule has 0 amide bonds. The van der Waals surface area contributed by atoms with E-state index in [1.165, 1.54) is 19.3 Å². The molecule has 0 bridgehead atoms. The van der Waals surface area contributed by atoms with Crippen LogP contribution in [0.5, 0.6) is 11.5 Å². The highest BCUT2D eigenvalue weighted by molar-refractivity contribution is 14.0. The lowest BCUT2D eigenvalue weighted by atomic mass is 10.2. The van der Waals surface area contributed by atoms with Crippen LogP contribution in [0.2, 0.25) is 0 Å². The third-order valence-electron chi connectivity index (χ3n) is 3.24. The number of benzene rings is 1. The average Bonchev–Trinajstić information content (AvgIpc) is 2.52. The van der Waals surface area contributed by atoms with E-state index in [0.717, 1.165) is 18.5 Å². The second-order valence-corrected chi connectivity index (χ2v) is 4.84. The Labute approximate surface area is 150 Å². The molecule has 0 unspecified atom stereocenters.